The van der Waals surface area contributed by atoms with Crippen LogP contribution in [-0.2, 0) is 0 Å². The first-order chi connectivity index (χ1) is 11.2. The number of hydrogen-bond donors (Lipinski definition) is 3. The van der Waals surface area contributed by atoms with Gasteiger partial charge in [-0.15, -0.1) is 0 Å². The van der Waals surface area contributed by atoms with Crippen LogP contribution in [0.5, 0.6) is 0 Å². The van der Waals surface area contributed by atoms with Gasteiger partial charge in [0.2, 0.25) is 5.95 Å². The van der Waals surface area contributed by atoms with Crippen LogP contribution in [0.3, 0.4) is 0 Å². The average molecular weight is 317 g/mol. The number of H-pyrrole nitrogens is 1. The van der Waals surface area contributed by atoms with Crippen molar-refractivity contribution in [3.63, 3.8) is 0 Å². The molecule has 0 radical (unpaired) electrons. The normalized spacial score (nSPS) is 24.2. The Balaban J connectivity index is 1.47. The minimum Gasteiger partial charge on any atom is -0.337 e. The van der Waals surface area contributed by atoms with Crippen LogP contribution in [0.2, 0.25) is 0 Å². The van der Waals surface area contributed by atoms with Gasteiger partial charge in [0.25, 0.3) is 0 Å². The van der Waals surface area contributed by atoms with Crippen LogP contribution < -0.4 is 16.0 Å². The number of hydrogen-bond acceptors (Lipinski definition) is 6. The Morgan fingerprint density at radius 1 is 1.35 bits per heavy atom. The topological polar surface area (TPSA) is 95.8 Å². The second-order valence-corrected chi connectivity index (χ2v) is 6.27. The standard InChI is InChI=1S/C15H20FN7/c16-11-8-23(7-10(11)6-17)15-18-4-3-13(20-15)19-14-5-12(21-22-14)9-1-2-9/h3-5,9-11H,1-2,6-8,17H2,(H2,18,19,20,21,22)/t10-,11-/m1/s1. The average Bonchev–Trinajstić information content (AvgIpc) is 3.19. The van der Waals surface area contributed by atoms with Gasteiger partial charge in [0.05, 0.1) is 6.54 Å². The Labute approximate surface area is 133 Å². The van der Waals surface area contributed by atoms with Crippen LogP contribution in [0.15, 0.2) is 18.3 Å². The molecule has 1 saturated carbocycles. The van der Waals surface area contributed by atoms with E-state index in [2.05, 4.69) is 25.5 Å². The number of nitrogens with two attached hydrogens (primary N) is 1. The summed E-state index contributed by atoms with van der Waals surface area (Å²) in [5.41, 5.74) is 6.76. The Morgan fingerprint density at radius 2 is 2.22 bits per heavy atom. The number of nitrogens with zero attached hydrogens (tertiary/aromatic N) is 4. The molecule has 4 rings (SSSR count). The third-order valence-corrected chi connectivity index (χ3v) is 4.46. The highest BCUT2D eigenvalue weighted by Crippen LogP contribution is 2.39. The predicted octanol–water partition coefficient (Wildman–Crippen LogP) is 1.55. The summed E-state index contributed by atoms with van der Waals surface area (Å²) in [4.78, 5) is 10.6. The lowest BCUT2D eigenvalue weighted by Crippen LogP contribution is -2.24. The first kappa shape index (κ1) is 14.4. The van der Waals surface area contributed by atoms with Crippen molar-refractivity contribution >= 4 is 17.6 Å². The molecule has 2 aromatic rings. The van der Waals surface area contributed by atoms with Gasteiger partial charge in [-0.2, -0.15) is 10.1 Å². The zero-order valence-electron chi connectivity index (χ0n) is 12.7. The maximum absolute atomic E-state index is 13.8. The summed E-state index contributed by atoms with van der Waals surface area (Å²) in [6.07, 6.45) is 3.19. The van der Waals surface area contributed by atoms with Gasteiger partial charge in [-0.3, -0.25) is 5.10 Å². The predicted molar refractivity (Wildman–Crippen MR) is 85.5 cm³/mol. The smallest absolute Gasteiger partial charge is 0.227 e. The Kier molecular flexibility index (Phi) is 3.60. The zero-order chi connectivity index (χ0) is 15.8. The first-order valence-electron chi connectivity index (χ1n) is 7.97. The van der Waals surface area contributed by atoms with Crippen LogP contribution in [0.1, 0.15) is 24.5 Å². The molecule has 2 fully saturated rings. The summed E-state index contributed by atoms with van der Waals surface area (Å²) < 4.78 is 13.8. The van der Waals surface area contributed by atoms with Gasteiger partial charge in [0.15, 0.2) is 5.82 Å². The lowest BCUT2D eigenvalue weighted by atomic mass is 10.1. The molecule has 8 heteroatoms. The molecule has 2 aromatic heterocycles. The lowest BCUT2D eigenvalue weighted by molar-refractivity contribution is 0.289. The van der Waals surface area contributed by atoms with E-state index in [9.17, 15) is 4.39 Å². The molecule has 1 aliphatic carbocycles. The number of nitrogens with one attached hydrogen (secondary N) is 2. The Hall–Kier alpha value is -2.22. The second-order valence-electron chi connectivity index (χ2n) is 6.27. The molecule has 2 atom stereocenters. The van der Waals surface area contributed by atoms with E-state index in [4.69, 9.17) is 5.73 Å². The molecule has 1 saturated heterocycles. The highest BCUT2D eigenvalue weighted by atomic mass is 19.1. The zero-order valence-corrected chi connectivity index (χ0v) is 12.7. The van der Waals surface area contributed by atoms with Gasteiger partial charge in [0, 0.05) is 36.3 Å². The van der Waals surface area contributed by atoms with Crippen molar-refractivity contribution in [2.45, 2.75) is 24.9 Å². The monoisotopic (exact) mass is 317 g/mol. The molecule has 1 aliphatic heterocycles. The molecule has 0 aromatic carbocycles. The van der Waals surface area contributed by atoms with Gasteiger partial charge in [-0.05, 0) is 25.5 Å². The van der Waals surface area contributed by atoms with E-state index >= 15 is 0 Å². The molecule has 2 aliphatic rings. The maximum atomic E-state index is 13.8. The molecule has 0 spiro atoms. The number of anilines is 3. The van der Waals surface area contributed by atoms with Crippen molar-refractivity contribution in [2.24, 2.45) is 11.7 Å². The van der Waals surface area contributed by atoms with Crippen molar-refractivity contribution in [1.82, 2.24) is 20.2 Å². The van der Waals surface area contributed by atoms with E-state index in [0.717, 1.165) is 11.5 Å². The molecule has 3 heterocycles. The molecule has 7 nitrogen and oxygen atoms in total. The third-order valence-electron chi connectivity index (χ3n) is 4.46. The highest BCUT2D eigenvalue weighted by molar-refractivity contribution is 5.54. The summed E-state index contributed by atoms with van der Waals surface area (Å²) >= 11 is 0. The van der Waals surface area contributed by atoms with Crippen LogP contribution in [0.25, 0.3) is 0 Å². The molecule has 122 valence electrons. The van der Waals surface area contributed by atoms with Crippen molar-refractivity contribution in [3.8, 4) is 0 Å². The minimum atomic E-state index is -0.923. The molecular weight excluding hydrogens is 297 g/mol. The third kappa shape index (κ3) is 2.98. The second kappa shape index (κ2) is 5.77. The molecular formula is C15H20FN7. The number of aromatic nitrogens is 4. The largest absolute Gasteiger partial charge is 0.337 e. The summed E-state index contributed by atoms with van der Waals surface area (Å²) in [6, 6.07) is 3.79. The number of aromatic amines is 1. The Bertz CT molecular complexity index is 684. The minimum absolute atomic E-state index is 0.150. The van der Waals surface area contributed by atoms with Gasteiger partial charge in [-0.25, -0.2) is 9.37 Å². The van der Waals surface area contributed by atoms with E-state index < -0.39 is 6.17 Å². The van der Waals surface area contributed by atoms with Crippen LogP contribution in [0.4, 0.5) is 22.0 Å². The van der Waals surface area contributed by atoms with Crippen LogP contribution in [-0.4, -0.2) is 46.0 Å². The van der Waals surface area contributed by atoms with E-state index in [-0.39, 0.29) is 5.92 Å². The van der Waals surface area contributed by atoms with Crippen molar-refractivity contribution < 1.29 is 4.39 Å². The van der Waals surface area contributed by atoms with E-state index in [1.165, 1.54) is 12.8 Å². The molecule has 0 amide bonds. The molecule has 0 unspecified atom stereocenters. The lowest BCUT2D eigenvalue weighted by Gasteiger charge is -2.16. The highest BCUT2D eigenvalue weighted by Gasteiger charge is 2.33. The molecule has 4 N–H and O–H groups in total. The fourth-order valence-electron chi connectivity index (χ4n) is 2.92. The summed E-state index contributed by atoms with van der Waals surface area (Å²) in [7, 11) is 0. The first-order valence-corrected chi connectivity index (χ1v) is 7.97. The van der Waals surface area contributed by atoms with Crippen LogP contribution >= 0.6 is 0 Å². The number of halogens is 1. The van der Waals surface area contributed by atoms with Crippen molar-refractivity contribution in [3.05, 3.63) is 24.0 Å². The summed E-state index contributed by atoms with van der Waals surface area (Å²) in [5, 5.41) is 10.5. The molecule has 0 bridgehead atoms. The quantitative estimate of drug-likeness (QED) is 0.774. The van der Waals surface area contributed by atoms with Crippen molar-refractivity contribution in [1.29, 1.82) is 0 Å². The van der Waals surface area contributed by atoms with E-state index in [0.29, 0.717) is 37.3 Å². The van der Waals surface area contributed by atoms with Gasteiger partial charge in [-0.1, -0.05) is 0 Å². The number of rotatable bonds is 5. The van der Waals surface area contributed by atoms with Crippen LogP contribution in [0, 0.1) is 5.92 Å². The van der Waals surface area contributed by atoms with E-state index in [1.807, 2.05) is 11.0 Å². The number of alkyl halides is 1. The van der Waals surface area contributed by atoms with Gasteiger partial charge < -0.3 is 16.0 Å². The SMILES string of the molecule is NC[C@@H]1CN(c2nccc(Nc3cc(C4CC4)[nH]n3)n2)C[C@H]1F. The Morgan fingerprint density at radius 3 is 2.96 bits per heavy atom. The molecule has 23 heavy (non-hydrogen) atoms. The fraction of sp³-hybridized carbons (Fsp3) is 0.533. The fourth-order valence-corrected chi connectivity index (χ4v) is 2.92. The van der Waals surface area contributed by atoms with Gasteiger partial charge >= 0.3 is 0 Å². The van der Waals surface area contributed by atoms with Gasteiger partial charge in [0.1, 0.15) is 12.0 Å². The van der Waals surface area contributed by atoms with Crippen molar-refractivity contribution in [2.75, 3.05) is 29.9 Å². The summed E-state index contributed by atoms with van der Waals surface area (Å²) in [6.45, 7) is 1.18. The summed E-state index contributed by atoms with van der Waals surface area (Å²) in [5.74, 6) is 2.38. The van der Waals surface area contributed by atoms with E-state index in [1.54, 1.807) is 12.3 Å². The maximum Gasteiger partial charge on any atom is 0.227 e.